The lowest BCUT2D eigenvalue weighted by molar-refractivity contribution is 0.0951. The molecular formula is C26H23N5O3S. The van der Waals surface area contributed by atoms with Gasteiger partial charge in [0.25, 0.3) is 5.91 Å². The van der Waals surface area contributed by atoms with Crippen LogP contribution in [0.3, 0.4) is 0 Å². The third-order valence-electron chi connectivity index (χ3n) is 5.63. The maximum absolute atomic E-state index is 12.7. The number of pyridine rings is 1. The Morgan fingerprint density at radius 1 is 1.14 bits per heavy atom. The molecule has 0 aliphatic rings. The predicted molar refractivity (Wildman–Crippen MR) is 136 cm³/mol. The fourth-order valence-corrected chi connectivity index (χ4v) is 4.61. The Morgan fingerprint density at radius 2 is 2.03 bits per heavy atom. The largest absolute Gasteiger partial charge is 0.507 e. The molecule has 1 amide bonds. The summed E-state index contributed by atoms with van der Waals surface area (Å²) in [5, 5.41) is 16.4. The molecule has 0 unspecified atom stereocenters. The first-order valence-corrected chi connectivity index (χ1v) is 12.0. The number of amides is 1. The van der Waals surface area contributed by atoms with Crippen molar-refractivity contribution in [2.75, 3.05) is 7.11 Å². The van der Waals surface area contributed by atoms with Gasteiger partial charge >= 0.3 is 0 Å². The second kappa shape index (κ2) is 9.55. The van der Waals surface area contributed by atoms with Gasteiger partial charge in [0.2, 0.25) is 5.88 Å². The van der Waals surface area contributed by atoms with Crippen LogP contribution in [-0.2, 0) is 13.0 Å². The van der Waals surface area contributed by atoms with E-state index in [2.05, 4.69) is 32.2 Å². The summed E-state index contributed by atoms with van der Waals surface area (Å²) in [4.78, 5) is 29.3. The predicted octanol–water partition coefficient (Wildman–Crippen LogP) is 4.96. The molecule has 0 saturated heterocycles. The lowest BCUT2D eigenvalue weighted by Gasteiger charge is -2.09. The number of hydrogen-bond donors (Lipinski definition) is 3. The molecule has 0 radical (unpaired) electrons. The maximum Gasteiger partial charge on any atom is 0.251 e. The molecule has 35 heavy (non-hydrogen) atoms. The van der Waals surface area contributed by atoms with E-state index < -0.39 is 0 Å². The van der Waals surface area contributed by atoms with Gasteiger partial charge in [-0.05, 0) is 54.4 Å². The molecule has 0 spiro atoms. The number of H-pyrrole nitrogens is 1. The molecule has 3 heterocycles. The monoisotopic (exact) mass is 485 g/mol. The van der Waals surface area contributed by atoms with Crippen molar-refractivity contribution in [3.05, 3.63) is 76.4 Å². The van der Waals surface area contributed by atoms with Crippen molar-refractivity contribution >= 4 is 28.3 Å². The fourth-order valence-electron chi connectivity index (χ4n) is 3.80. The van der Waals surface area contributed by atoms with Gasteiger partial charge in [-0.25, -0.2) is 15.0 Å². The van der Waals surface area contributed by atoms with E-state index >= 15 is 0 Å². The van der Waals surface area contributed by atoms with E-state index in [1.165, 1.54) is 0 Å². The highest BCUT2D eigenvalue weighted by Crippen LogP contribution is 2.35. The van der Waals surface area contributed by atoms with Crippen LogP contribution in [0.25, 0.3) is 33.5 Å². The number of aromatic nitrogens is 4. The molecule has 0 atom stereocenters. The molecule has 0 saturated carbocycles. The highest BCUT2D eigenvalue weighted by Gasteiger charge is 2.15. The number of imidazole rings is 1. The highest BCUT2D eigenvalue weighted by atomic mass is 32.1. The van der Waals surface area contributed by atoms with Gasteiger partial charge in [0, 0.05) is 22.7 Å². The third-order valence-corrected chi connectivity index (χ3v) is 6.53. The Morgan fingerprint density at radius 3 is 2.83 bits per heavy atom. The van der Waals surface area contributed by atoms with Gasteiger partial charge < -0.3 is 20.1 Å². The summed E-state index contributed by atoms with van der Waals surface area (Å²) in [5.41, 5.74) is 5.09. The number of phenolic OH excluding ortho intramolecular Hbond substituents is 1. The van der Waals surface area contributed by atoms with Crippen LogP contribution < -0.4 is 10.1 Å². The topological polar surface area (TPSA) is 113 Å². The molecule has 0 fully saturated rings. The summed E-state index contributed by atoms with van der Waals surface area (Å²) in [6, 6.07) is 14.3. The first kappa shape index (κ1) is 22.5. The molecule has 2 aromatic carbocycles. The van der Waals surface area contributed by atoms with Crippen LogP contribution in [0.5, 0.6) is 11.6 Å². The van der Waals surface area contributed by atoms with Crippen LogP contribution in [0, 0.1) is 0 Å². The second-order valence-electron chi connectivity index (χ2n) is 7.88. The molecule has 176 valence electrons. The zero-order valence-electron chi connectivity index (χ0n) is 19.2. The number of hydrogen-bond acceptors (Lipinski definition) is 7. The number of aromatic amines is 1. The Hall–Kier alpha value is -4.24. The van der Waals surface area contributed by atoms with E-state index in [1.807, 2.05) is 23.6 Å². The minimum atomic E-state index is -0.190. The summed E-state index contributed by atoms with van der Waals surface area (Å²) < 4.78 is 5.38. The van der Waals surface area contributed by atoms with E-state index in [0.29, 0.717) is 40.4 Å². The van der Waals surface area contributed by atoms with Crippen molar-refractivity contribution in [2.24, 2.45) is 0 Å². The summed E-state index contributed by atoms with van der Waals surface area (Å²) in [7, 11) is 1.57. The number of carbonyl (C=O) groups is 1. The Labute approximate surface area is 205 Å². The van der Waals surface area contributed by atoms with E-state index in [-0.39, 0.29) is 11.7 Å². The fraction of sp³-hybridized carbons (Fsp3) is 0.154. The molecule has 5 aromatic rings. The maximum atomic E-state index is 12.7. The standard InChI is InChI=1S/C26H23N5O3S/c1-3-17-14-35-23(29-17)13-28-25(33)16-6-8-20-21(12-16)31-24(30-20)19-11-15(7-9-22(19)32)18-5-4-10-27-26(18)34-2/h4-12,14,32H,3,13H2,1-2H3,(H,28,33)(H,30,31). The SMILES string of the molecule is CCc1csc(CNC(=O)c2ccc3nc(-c4cc(-c5cccnc5OC)ccc4O)[nH]c3c2)n1. The van der Waals surface area contributed by atoms with Gasteiger partial charge in [0.15, 0.2) is 0 Å². The molecule has 0 aliphatic carbocycles. The van der Waals surface area contributed by atoms with Gasteiger partial charge in [-0.15, -0.1) is 11.3 Å². The minimum absolute atomic E-state index is 0.0866. The van der Waals surface area contributed by atoms with Crippen molar-refractivity contribution in [3.8, 4) is 34.1 Å². The number of aryl methyl sites for hydroxylation is 1. The number of ether oxygens (including phenoxy) is 1. The van der Waals surface area contributed by atoms with Crippen molar-refractivity contribution in [1.82, 2.24) is 25.3 Å². The number of carbonyl (C=O) groups excluding carboxylic acids is 1. The van der Waals surface area contributed by atoms with E-state index in [0.717, 1.165) is 28.2 Å². The Balaban J connectivity index is 1.41. The Bertz CT molecular complexity index is 1520. The average Bonchev–Trinajstić information content (AvgIpc) is 3.54. The molecule has 3 aromatic heterocycles. The quantitative estimate of drug-likeness (QED) is 0.300. The van der Waals surface area contributed by atoms with Gasteiger partial charge in [0.05, 0.1) is 35.9 Å². The smallest absolute Gasteiger partial charge is 0.251 e. The van der Waals surface area contributed by atoms with Crippen LogP contribution in [0.4, 0.5) is 0 Å². The van der Waals surface area contributed by atoms with Crippen LogP contribution in [-0.4, -0.2) is 38.1 Å². The summed E-state index contributed by atoms with van der Waals surface area (Å²) in [6.45, 7) is 2.44. The number of rotatable bonds is 7. The number of fused-ring (bicyclic) bond motifs is 1. The van der Waals surface area contributed by atoms with E-state index in [1.54, 1.807) is 55.0 Å². The third kappa shape index (κ3) is 4.58. The zero-order chi connectivity index (χ0) is 24.4. The summed E-state index contributed by atoms with van der Waals surface area (Å²) in [5.74, 6) is 0.885. The molecule has 0 bridgehead atoms. The lowest BCUT2D eigenvalue weighted by atomic mass is 10.0. The average molecular weight is 486 g/mol. The zero-order valence-corrected chi connectivity index (χ0v) is 20.0. The van der Waals surface area contributed by atoms with Gasteiger partial charge in [-0.1, -0.05) is 13.0 Å². The van der Waals surface area contributed by atoms with Crippen molar-refractivity contribution in [2.45, 2.75) is 19.9 Å². The molecule has 3 N–H and O–H groups in total. The first-order chi connectivity index (χ1) is 17.1. The van der Waals surface area contributed by atoms with Gasteiger partial charge in [-0.2, -0.15) is 0 Å². The molecule has 0 aliphatic heterocycles. The van der Waals surface area contributed by atoms with E-state index in [4.69, 9.17) is 4.74 Å². The number of nitrogens with zero attached hydrogens (tertiary/aromatic N) is 3. The van der Waals surface area contributed by atoms with Crippen LogP contribution >= 0.6 is 11.3 Å². The van der Waals surface area contributed by atoms with E-state index in [9.17, 15) is 9.90 Å². The van der Waals surface area contributed by atoms with Crippen molar-refractivity contribution < 1.29 is 14.6 Å². The van der Waals surface area contributed by atoms with Crippen molar-refractivity contribution in [3.63, 3.8) is 0 Å². The molecule has 9 heteroatoms. The number of benzene rings is 2. The highest BCUT2D eigenvalue weighted by molar-refractivity contribution is 7.09. The normalized spacial score (nSPS) is 11.0. The van der Waals surface area contributed by atoms with Crippen LogP contribution in [0.15, 0.2) is 60.1 Å². The number of aromatic hydroxyl groups is 1. The first-order valence-electron chi connectivity index (χ1n) is 11.1. The second-order valence-corrected chi connectivity index (χ2v) is 8.82. The lowest BCUT2D eigenvalue weighted by Crippen LogP contribution is -2.22. The number of nitrogens with one attached hydrogen (secondary N) is 2. The summed E-state index contributed by atoms with van der Waals surface area (Å²) in [6.07, 6.45) is 2.54. The molecular weight excluding hydrogens is 462 g/mol. The van der Waals surface area contributed by atoms with Crippen LogP contribution in [0.2, 0.25) is 0 Å². The van der Waals surface area contributed by atoms with Crippen LogP contribution in [0.1, 0.15) is 28.0 Å². The number of methoxy groups -OCH3 is 1. The van der Waals surface area contributed by atoms with Crippen molar-refractivity contribution in [1.29, 1.82) is 0 Å². The Kier molecular flexibility index (Phi) is 6.15. The molecule has 8 nitrogen and oxygen atoms in total. The van der Waals surface area contributed by atoms with Gasteiger partial charge in [0.1, 0.15) is 16.6 Å². The number of phenols is 1. The summed E-state index contributed by atoms with van der Waals surface area (Å²) >= 11 is 1.54. The number of thiazole rings is 1. The minimum Gasteiger partial charge on any atom is -0.507 e. The van der Waals surface area contributed by atoms with Gasteiger partial charge in [-0.3, -0.25) is 4.79 Å². The molecule has 5 rings (SSSR count).